The highest BCUT2D eigenvalue weighted by Crippen LogP contribution is 2.24. The molecule has 0 unspecified atom stereocenters. The van der Waals surface area contributed by atoms with Gasteiger partial charge in [0.1, 0.15) is 0 Å². The van der Waals surface area contributed by atoms with Crippen molar-refractivity contribution in [1.29, 1.82) is 0 Å². The summed E-state index contributed by atoms with van der Waals surface area (Å²) < 4.78 is 1.78. The Labute approximate surface area is 181 Å². The Morgan fingerprint density at radius 2 is 1.70 bits per heavy atom. The van der Waals surface area contributed by atoms with Crippen molar-refractivity contribution in [1.82, 2.24) is 20.0 Å². The third-order valence-electron chi connectivity index (χ3n) is 4.73. The van der Waals surface area contributed by atoms with Gasteiger partial charge in [-0.25, -0.2) is 4.68 Å². The van der Waals surface area contributed by atoms with Crippen LogP contribution in [0.5, 0.6) is 0 Å². The zero-order valence-electron chi connectivity index (χ0n) is 17.5. The zero-order valence-corrected chi connectivity index (χ0v) is 18.3. The number of hydrogen-bond donors (Lipinski definition) is 1. The van der Waals surface area contributed by atoms with Gasteiger partial charge < -0.3 is 10.2 Å². The lowest BCUT2D eigenvalue weighted by Crippen LogP contribution is -2.24. The average Bonchev–Trinajstić information content (AvgIpc) is 3.18. The molecule has 1 heterocycles. The molecule has 0 bridgehead atoms. The van der Waals surface area contributed by atoms with Crippen LogP contribution in [0.3, 0.4) is 0 Å². The molecule has 7 heteroatoms. The van der Waals surface area contributed by atoms with Gasteiger partial charge in [-0.15, -0.1) is 0 Å². The minimum absolute atomic E-state index is 0.0539. The van der Waals surface area contributed by atoms with E-state index in [1.165, 1.54) is 4.90 Å². The lowest BCUT2D eigenvalue weighted by Gasteiger charge is -2.13. The van der Waals surface area contributed by atoms with Crippen LogP contribution in [-0.2, 0) is 6.54 Å². The molecule has 30 heavy (non-hydrogen) atoms. The van der Waals surface area contributed by atoms with E-state index in [9.17, 15) is 9.59 Å². The molecule has 0 saturated heterocycles. The smallest absolute Gasteiger partial charge is 0.255 e. The highest BCUT2D eigenvalue weighted by Gasteiger charge is 2.20. The number of benzene rings is 2. The highest BCUT2D eigenvalue weighted by molar-refractivity contribution is 6.30. The lowest BCUT2D eigenvalue weighted by molar-refractivity contribution is 0.0827. The van der Waals surface area contributed by atoms with Crippen LogP contribution in [0.1, 0.15) is 51.7 Å². The van der Waals surface area contributed by atoms with Gasteiger partial charge in [0.05, 0.1) is 23.1 Å². The van der Waals surface area contributed by atoms with Crippen molar-refractivity contribution in [3.8, 4) is 5.69 Å². The van der Waals surface area contributed by atoms with Crippen LogP contribution in [0.25, 0.3) is 5.69 Å². The van der Waals surface area contributed by atoms with Crippen molar-refractivity contribution in [3.05, 3.63) is 82.1 Å². The van der Waals surface area contributed by atoms with E-state index in [0.717, 1.165) is 16.9 Å². The molecule has 2 amide bonds. The largest absolute Gasteiger partial charge is 0.348 e. The van der Waals surface area contributed by atoms with Gasteiger partial charge in [-0.1, -0.05) is 37.6 Å². The molecule has 156 valence electrons. The number of nitrogens with zero attached hydrogens (tertiary/aromatic N) is 3. The standard InChI is InChI=1S/C23H25ClN4O2/c1-15(2)21-20(14-26-28(21)19-11-9-18(24)10-12-19)22(29)25-13-16-5-7-17(8-6-16)23(30)27(3)4/h5-12,14-15H,13H2,1-4H3,(H,25,29). The number of carbonyl (C=O) groups excluding carboxylic acids is 2. The minimum Gasteiger partial charge on any atom is -0.348 e. The predicted octanol–water partition coefficient (Wildman–Crippen LogP) is 4.28. The second kappa shape index (κ2) is 9.13. The summed E-state index contributed by atoms with van der Waals surface area (Å²) >= 11 is 5.98. The first kappa shape index (κ1) is 21.6. The fourth-order valence-electron chi connectivity index (χ4n) is 3.18. The molecule has 1 N–H and O–H groups in total. The van der Waals surface area contributed by atoms with Gasteiger partial charge >= 0.3 is 0 Å². The van der Waals surface area contributed by atoms with Crippen molar-refractivity contribution >= 4 is 23.4 Å². The van der Waals surface area contributed by atoms with Gasteiger partial charge in [-0.3, -0.25) is 9.59 Å². The molecular formula is C23H25ClN4O2. The summed E-state index contributed by atoms with van der Waals surface area (Å²) in [6.45, 7) is 4.42. The van der Waals surface area contributed by atoms with Gasteiger partial charge in [0.2, 0.25) is 0 Å². The van der Waals surface area contributed by atoms with Crippen molar-refractivity contribution in [2.75, 3.05) is 14.1 Å². The summed E-state index contributed by atoms with van der Waals surface area (Å²) in [5, 5.41) is 8.03. The third kappa shape index (κ3) is 4.71. The number of rotatable bonds is 6. The topological polar surface area (TPSA) is 67.2 Å². The fourth-order valence-corrected chi connectivity index (χ4v) is 3.30. The summed E-state index contributed by atoms with van der Waals surface area (Å²) in [6.07, 6.45) is 1.60. The first-order valence-electron chi connectivity index (χ1n) is 9.70. The maximum atomic E-state index is 12.9. The van der Waals surface area contributed by atoms with Gasteiger partial charge in [0, 0.05) is 31.2 Å². The van der Waals surface area contributed by atoms with Gasteiger partial charge in [0.25, 0.3) is 11.8 Å². The maximum Gasteiger partial charge on any atom is 0.255 e. The van der Waals surface area contributed by atoms with Crippen LogP contribution in [-0.4, -0.2) is 40.6 Å². The SMILES string of the molecule is CC(C)c1c(C(=O)NCc2ccc(C(=O)N(C)C)cc2)cnn1-c1ccc(Cl)cc1. The second-order valence-corrected chi connectivity index (χ2v) is 8.00. The van der Waals surface area contributed by atoms with Crippen LogP contribution >= 0.6 is 11.6 Å². The number of carbonyl (C=O) groups is 2. The van der Waals surface area contributed by atoms with Crippen LogP contribution < -0.4 is 5.32 Å². The molecule has 6 nitrogen and oxygen atoms in total. The van der Waals surface area contributed by atoms with E-state index in [0.29, 0.717) is 22.7 Å². The van der Waals surface area contributed by atoms with E-state index in [1.54, 1.807) is 49.2 Å². The zero-order chi connectivity index (χ0) is 21.8. The molecule has 1 aromatic heterocycles. The average molecular weight is 425 g/mol. The van der Waals surface area contributed by atoms with Crippen molar-refractivity contribution in [2.24, 2.45) is 0 Å². The maximum absolute atomic E-state index is 12.9. The van der Waals surface area contributed by atoms with Crippen molar-refractivity contribution < 1.29 is 9.59 Å². The molecule has 0 aliphatic rings. The van der Waals surface area contributed by atoms with E-state index in [2.05, 4.69) is 10.4 Å². The number of nitrogens with one attached hydrogen (secondary N) is 1. The Morgan fingerprint density at radius 3 is 2.27 bits per heavy atom. The number of amides is 2. The predicted molar refractivity (Wildman–Crippen MR) is 118 cm³/mol. The van der Waals surface area contributed by atoms with E-state index in [-0.39, 0.29) is 17.7 Å². The first-order chi connectivity index (χ1) is 14.3. The quantitative estimate of drug-likeness (QED) is 0.642. The van der Waals surface area contributed by atoms with E-state index < -0.39 is 0 Å². The summed E-state index contributed by atoms with van der Waals surface area (Å²) in [4.78, 5) is 26.4. The summed E-state index contributed by atoms with van der Waals surface area (Å²) in [7, 11) is 3.43. The molecule has 0 aliphatic carbocycles. The third-order valence-corrected chi connectivity index (χ3v) is 4.98. The first-order valence-corrected chi connectivity index (χ1v) is 10.1. The Kier molecular flexibility index (Phi) is 6.57. The molecular weight excluding hydrogens is 400 g/mol. The molecule has 0 saturated carbocycles. The Hall–Kier alpha value is -3.12. The Bertz CT molecular complexity index is 1040. The number of hydrogen-bond acceptors (Lipinski definition) is 3. The van der Waals surface area contributed by atoms with Crippen LogP contribution in [0.4, 0.5) is 0 Å². The van der Waals surface area contributed by atoms with Crippen molar-refractivity contribution in [2.45, 2.75) is 26.3 Å². The van der Waals surface area contributed by atoms with Crippen LogP contribution in [0, 0.1) is 0 Å². The van der Waals surface area contributed by atoms with E-state index in [4.69, 9.17) is 11.6 Å². The monoisotopic (exact) mass is 424 g/mol. The molecule has 0 aliphatic heterocycles. The molecule has 3 aromatic rings. The molecule has 0 atom stereocenters. The van der Waals surface area contributed by atoms with Crippen molar-refractivity contribution in [3.63, 3.8) is 0 Å². The summed E-state index contributed by atoms with van der Waals surface area (Å²) in [6, 6.07) is 14.6. The summed E-state index contributed by atoms with van der Waals surface area (Å²) in [5.74, 6) is -0.144. The summed E-state index contributed by atoms with van der Waals surface area (Å²) in [5.41, 5.74) is 3.75. The molecule has 3 rings (SSSR count). The Morgan fingerprint density at radius 1 is 1.07 bits per heavy atom. The van der Waals surface area contributed by atoms with Crippen LogP contribution in [0.2, 0.25) is 5.02 Å². The second-order valence-electron chi connectivity index (χ2n) is 7.57. The minimum atomic E-state index is -0.188. The van der Waals surface area contributed by atoms with Crippen LogP contribution in [0.15, 0.2) is 54.7 Å². The Balaban J connectivity index is 1.76. The molecule has 0 fully saturated rings. The normalized spacial score (nSPS) is 10.9. The fraction of sp³-hybridized carbons (Fsp3) is 0.261. The van der Waals surface area contributed by atoms with Gasteiger partial charge in [0.15, 0.2) is 0 Å². The highest BCUT2D eigenvalue weighted by atomic mass is 35.5. The lowest BCUT2D eigenvalue weighted by atomic mass is 10.0. The van der Waals surface area contributed by atoms with Gasteiger partial charge in [-0.2, -0.15) is 5.10 Å². The molecule has 2 aromatic carbocycles. The number of halogens is 1. The van der Waals surface area contributed by atoms with E-state index in [1.807, 2.05) is 38.1 Å². The molecule has 0 radical (unpaired) electrons. The molecule has 0 spiro atoms. The van der Waals surface area contributed by atoms with Gasteiger partial charge in [-0.05, 0) is 47.9 Å². The number of aromatic nitrogens is 2. The van der Waals surface area contributed by atoms with E-state index >= 15 is 0 Å².